The van der Waals surface area contributed by atoms with E-state index in [0.29, 0.717) is 11.8 Å². The third kappa shape index (κ3) is 2.51. The van der Waals surface area contributed by atoms with Gasteiger partial charge in [-0.2, -0.15) is 0 Å². The van der Waals surface area contributed by atoms with Gasteiger partial charge in [-0.25, -0.2) is 0 Å². The Morgan fingerprint density at radius 3 is 2.45 bits per heavy atom. The van der Waals surface area contributed by atoms with Gasteiger partial charge in [-0.1, -0.05) is 38.8 Å². The molecule has 0 unspecified atom stereocenters. The second kappa shape index (κ2) is 6.65. The molecule has 0 aromatic heterocycles. The van der Waals surface area contributed by atoms with Crippen LogP contribution in [-0.2, 0) is 19.1 Å². The molecule has 0 radical (unpaired) electrons. The van der Waals surface area contributed by atoms with E-state index in [1.165, 1.54) is 18.8 Å². The number of allylic oxidation sites excluding steroid dienone is 4. The molecule has 2 bridgehead atoms. The fraction of sp³-hybridized carbons (Fsp3) is 0.741. The zero-order valence-electron chi connectivity index (χ0n) is 19.6. The maximum Gasteiger partial charge on any atom is 0.311 e. The molecule has 0 aliphatic heterocycles. The summed E-state index contributed by atoms with van der Waals surface area (Å²) >= 11 is 0. The van der Waals surface area contributed by atoms with Gasteiger partial charge in [0.1, 0.15) is 0 Å². The molecule has 4 heteroatoms. The highest BCUT2D eigenvalue weighted by Gasteiger charge is 2.70. The van der Waals surface area contributed by atoms with Crippen LogP contribution in [0.15, 0.2) is 23.8 Å². The first-order chi connectivity index (χ1) is 14.6. The van der Waals surface area contributed by atoms with Crippen molar-refractivity contribution in [3.8, 4) is 0 Å². The normalized spacial score (nSPS) is 48.1. The lowest BCUT2D eigenvalue weighted by Gasteiger charge is -2.69. The van der Waals surface area contributed by atoms with Gasteiger partial charge >= 0.3 is 5.97 Å². The monoisotopic (exact) mass is 424 g/mol. The second-order valence-corrected chi connectivity index (χ2v) is 11.8. The number of ether oxygens (including phenoxy) is 1. The first kappa shape index (κ1) is 21.2. The van der Waals surface area contributed by atoms with Gasteiger partial charge in [-0.3, -0.25) is 14.4 Å². The van der Waals surface area contributed by atoms with Crippen molar-refractivity contribution in [1.82, 2.24) is 0 Å². The molecule has 0 aromatic rings. The maximum atomic E-state index is 13.3. The number of hydrogen-bond acceptors (Lipinski definition) is 4. The van der Waals surface area contributed by atoms with Crippen molar-refractivity contribution < 1.29 is 19.1 Å². The Bertz CT molecular complexity index is 912. The Morgan fingerprint density at radius 2 is 1.77 bits per heavy atom. The minimum atomic E-state index is -0.462. The fourth-order valence-corrected chi connectivity index (χ4v) is 9.27. The van der Waals surface area contributed by atoms with Crippen molar-refractivity contribution >= 4 is 17.5 Å². The third-order valence-electron chi connectivity index (χ3n) is 10.4. The van der Waals surface area contributed by atoms with Crippen molar-refractivity contribution in [1.29, 1.82) is 0 Å². The van der Waals surface area contributed by atoms with E-state index in [1.807, 2.05) is 0 Å². The van der Waals surface area contributed by atoms with Crippen LogP contribution >= 0.6 is 0 Å². The minimum absolute atomic E-state index is 0.0217. The molecule has 168 valence electrons. The van der Waals surface area contributed by atoms with E-state index >= 15 is 0 Å². The summed E-state index contributed by atoms with van der Waals surface area (Å²) in [4.78, 5) is 39.3. The number of hydrogen-bond donors (Lipinski definition) is 0. The van der Waals surface area contributed by atoms with Gasteiger partial charge in [0, 0.05) is 17.3 Å². The Labute approximate surface area is 185 Å². The lowest BCUT2D eigenvalue weighted by atomic mass is 9.33. The lowest BCUT2D eigenvalue weighted by Crippen LogP contribution is -2.66. The summed E-state index contributed by atoms with van der Waals surface area (Å²) < 4.78 is 5.29. The van der Waals surface area contributed by atoms with Gasteiger partial charge in [0.15, 0.2) is 11.6 Å². The molecule has 31 heavy (non-hydrogen) atoms. The van der Waals surface area contributed by atoms with E-state index in [-0.39, 0.29) is 52.0 Å². The molecule has 6 aliphatic rings. The molecule has 0 N–H and O–H groups in total. The quantitative estimate of drug-likeness (QED) is 0.466. The molecule has 6 aliphatic carbocycles. The van der Waals surface area contributed by atoms with Crippen LogP contribution in [0.4, 0.5) is 0 Å². The van der Waals surface area contributed by atoms with Crippen LogP contribution in [0.25, 0.3) is 0 Å². The number of ketones is 2. The summed E-state index contributed by atoms with van der Waals surface area (Å²) in [5.41, 5.74) is 0.654. The molecule has 3 fully saturated rings. The number of carbonyl (C=O) groups excluding carboxylic acids is 3. The van der Waals surface area contributed by atoms with E-state index in [2.05, 4.69) is 33.8 Å². The highest BCUT2D eigenvalue weighted by Crippen LogP contribution is 2.74. The van der Waals surface area contributed by atoms with Crippen LogP contribution in [0, 0.1) is 51.8 Å². The minimum Gasteiger partial charge on any atom is -0.469 e. The van der Waals surface area contributed by atoms with Gasteiger partial charge in [-0.05, 0) is 80.3 Å². The summed E-state index contributed by atoms with van der Waals surface area (Å²) in [6.45, 7) is 8.93. The predicted octanol–water partition coefficient (Wildman–Crippen LogP) is 4.92. The van der Waals surface area contributed by atoms with Crippen molar-refractivity contribution in [3.05, 3.63) is 23.8 Å². The van der Waals surface area contributed by atoms with Gasteiger partial charge in [-0.15, -0.1) is 0 Å². The third-order valence-corrected chi connectivity index (χ3v) is 10.4. The standard InChI is InChI=1S/C27H36O4/c1-15(2)17-14-27-12-9-20-25(3,10-6-11-26(20,4)24(30)31-5)21(27)13-16(17)22-18(28)7-8-19(29)23(22)27/h7-8,14-16,20-23H,6,9-13H2,1-5H3/t16-,20+,21+,22-,23-,25-,26+,27-/m0/s1. The lowest BCUT2D eigenvalue weighted by molar-refractivity contribution is -0.199. The summed E-state index contributed by atoms with van der Waals surface area (Å²) in [5, 5.41) is 0. The van der Waals surface area contributed by atoms with Gasteiger partial charge in [0.05, 0.1) is 12.5 Å². The van der Waals surface area contributed by atoms with Crippen molar-refractivity contribution in [2.75, 3.05) is 7.11 Å². The van der Waals surface area contributed by atoms with Gasteiger partial charge in [0.2, 0.25) is 0 Å². The van der Waals surface area contributed by atoms with Gasteiger partial charge in [0.25, 0.3) is 0 Å². The van der Waals surface area contributed by atoms with E-state index in [1.54, 1.807) is 6.08 Å². The molecule has 0 saturated heterocycles. The largest absolute Gasteiger partial charge is 0.469 e. The number of esters is 1. The molecule has 8 atom stereocenters. The van der Waals surface area contributed by atoms with Crippen LogP contribution in [0.2, 0.25) is 0 Å². The SMILES string of the molecule is COC(=O)[C@]1(C)CCC[C@]2(C)[C@H]3C[C@H]4C(C(C)C)=C[C@]3(CC[C@H]21)[C@H]1C(=O)C=CC(=O)[C@H]41. The first-order valence-electron chi connectivity index (χ1n) is 12.2. The molecule has 6 rings (SSSR count). The maximum absolute atomic E-state index is 13.3. The summed E-state index contributed by atoms with van der Waals surface area (Å²) in [5.74, 6) is 0.932. The summed E-state index contributed by atoms with van der Waals surface area (Å²) in [6, 6.07) is 0. The zero-order chi connectivity index (χ0) is 22.3. The average Bonchev–Trinajstić information content (AvgIpc) is 2.74. The van der Waals surface area contributed by atoms with Crippen molar-refractivity contribution in [3.63, 3.8) is 0 Å². The van der Waals surface area contributed by atoms with E-state index in [9.17, 15) is 14.4 Å². The Morgan fingerprint density at radius 1 is 1.06 bits per heavy atom. The summed E-state index contributed by atoms with van der Waals surface area (Å²) in [7, 11) is 1.51. The van der Waals surface area contributed by atoms with E-state index in [0.717, 1.165) is 38.5 Å². The number of carbonyl (C=O) groups is 3. The predicted molar refractivity (Wildman–Crippen MR) is 118 cm³/mol. The molecule has 1 spiro atoms. The van der Waals surface area contributed by atoms with E-state index < -0.39 is 5.41 Å². The number of methoxy groups -OCH3 is 1. The summed E-state index contributed by atoms with van der Waals surface area (Å²) in [6.07, 6.45) is 11.3. The molecule has 0 heterocycles. The van der Waals surface area contributed by atoms with Crippen molar-refractivity contribution in [2.45, 2.75) is 66.2 Å². The van der Waals surface area contributed by atoms with Crippen LogP contribution in [-0.4, -0.2) is 24.6 Å². The molecular formula is C27H36O4. The van der Waals surface area contributed by atoms with Crippen LogP contribution in [0.3, 0.4) is 0 Å². The molecule has 3 saturated carbocycles. The number of fused-ring (bicyclic) bond motifs is 1. The molecule has 0 aromatic carbocycles. The fourth-order valence-electron chi connectivity index (χ4n) is 9.27. The van der Waals surface area contributed by atoms with Gasteiger partial charge < -0.3 is 4.74 Å². The topological polar surface area (TPSA) is 60.4 Å². The van der Waals surface area contributed by atoms with Crippen molar-refractivity contribution in [2.24, 2.45) is 51.8 Å². The molecule has 4 nitrogen and oxygen atoms in total. The second-order valence-electron chi connectivity index (χ2n) is 11.8. The van der Waals surface area contributed by atoms with E-state index in [4.69, 9.17) is 4.74 Å². The average molecular weight is 425 g/mol. The smallest absolute Gasteiger partial charge is 0.311 e. The highest BCUT2D eigenvalue weighted by molar-refractivity contribution is 6.08. The molecule has 0 amide bonds. The first-order valence-corrected chi connectivity index (χ1v) is 12.2. The highest BCUT2D eigenvalue weighted by atomic mass is 16.5. The van der Waals surface area contributed by atoms with Crippen LogP contribution in [0.1, 0.15) is 66.2 Å². The Balaban J connectivity index is 1.66. The van der Waals surface area contributed by atoms with Crippen LogP contribution < -0.4 is 0 Å². The molecular weight excluding hydrogens is 388 g/mol. The Hall–Kier alpha value is -1.71. The number of rotatable bonds is 2. The van der Waals surface area contributed by atoms with Crippen LogP contribution in [0.5, 0.6) is 0 Å². The zero-order valence-corrected chi connectivity index (χ0v) is 19.6. The Kier molecular flexibility index (Phi) is 4.54.